The number of aromatic nitrogens is 2. The van der Waals surface area contributed by atoms with Crippen LogP contribution in [0.1, 0.15) is 5.56 Å². The summed E-state index contributed by atoms with van der Waals surface area (Å²) in [5, 5.41) is 16.2. The number of halogens is 1. The molecule has 0 bridgehead atoms. The summed E-state index contributed by atoms with van der Waals surface area (Å²) in [7, 11) is 0. The molecule has 0 radical (unpaired) electrons. The van der Waals surface area contributed by atoms with Crippen molar-refractivity contribution in [2.75, 3.05) is 6.54 Å². The first-order valence-corrected chi connectivity index (χ1v) is 10.4. The number of aliphatic carboxylic acids is 1. The molecule has 2 heterocycles. The zero-order chi connectivity index (χ0) is 21.3. The maximum absolute atomic E-state index is 12.6. The lowest BCUT2D eigenvalue weighted by Gasteiger charge is -2.14. The summed E-state index contributed by atoms with van der Waals surface area (Å²) in [4.78, 5) is 24.9. The number of benzene rings is 2. The number of amides is 1. The van der Waals surface area contributed by atoms with Crippen LogP contribution in [0.4, 0.5) is 0 Å². The first kappa shape index (κ1) is 20.3. The van der Waals surface area contributed by atoms with Crippen LogP contribution in [0, 0.1) is 0 Å². The molecule has 0 spiro atoms. The van der Waals surface area contributed by atoms with Gasteiger partial charge in [-0.05, 0) is 30.3 Å². The molecule has 9 heteroatoms. The summed E-state index contributed by atoms with van der Waals surface area (Å²) < 4.78 is 1.90. The van der Waals surface area contributed by atoms with E-state index in [0.717, 1.165) is 27.9 Å². The van der Waals surface area contributed by atoms with E-state index in [0.29, 0.717) is 21.2 Å². The predicted octanol–water partition coefficient (Wildman–Crippen LogP) is 3.14. The second-order valence-corrected chi connectivity index (χ2v) is 8.47. The molecule has 150 valence electrons. The van der Waals surface area contributed by atoms with E-state index in [1.54, 1.807) is 22.9 Å². The Morgan fingerprint density at radius 2 is 1.87 bits per heavy atom. The van der Waals surface area contributed by atoms with Crippen LogP contribution < -0.4 is 5.11 Å². The molecule has 0 unspecified atom stereocenters. The fraction of sp³-hybridized carbons (Fsp3) is 0.0476. The zero-order valence-electron chi connectivity index (χ0n) is 15.3. The second kappa shape index (κ2) is 8.43. The summed E-state index contributed by atoms with van der Waals surface area (Å²) in [5.41, 5.74) is 3.03. The predicted molar refractivity (Wildman–Crippen MR) is 119 cm³/mol. The van der Waals surface area contributed by atoms with Crippen LogP contribution in [0.2, 0.25) is 5.02 Å². The standard InChI is InChI=1S/C21H14ClN3O3S2/c22-15-8-6-13(7-9-15)19-14(11-25(23-19)16-4-2-1-3-5-16)10-17-20(28)24(12-18(26)27)21(29)30-17/h1-11H,12H2,(H,26,27)/p-1/b17-10-. The SMILES string of the molecule is O=C([O-])CN1C(=O)/C(=C/c2cn(-c3ccccc3)nc2-c2ccc(Cl)cc2)SC1=S. The van der Waals surface area contributed by atoms with Gasteiger partial charge in [0, 0.05) is 22.3 Å². The summed E-state index contributed by atoms with van der Waals surface area (Å²) in [6.45, 7) is -0.574. The molecule has 1 aliphatic heterocycles. The number of carboxylic acid groups (broad SMARTS) is 1. The van der Waals surface area contributed by atoms with Gasteiger partial charge in [-0.25, -0.2) is 4.68 Å². The first-order valence-electron chi connectivity index (χ1n) is 8.78. The third kappa shape index (κ3) is 4.16. The highest BCUT2D eigenvalue weighted by molar-refractivity contribution is 8.26. The molecule has 4 rings (SSSR count). The number of carbonyl (C=O) groups is 2. The summed E-state index contributed by atoms with van der Waals surface area (Å²) >= 11 is 12.2. The van der Waals surface area contributed by atoms with Crippen LogP contribution in [0.3, 0.4) is 0 Å². The first-order chi connectivity index (χ1) is 14.4. The number of rotatable bonds is 5. The van der Waals surface area contributed by atoms with Crippen LogP contribution >= 0.6 is 35.6 Å². The highest BCUT2D eigenvalue weighted by Crippen LogP contribution is 2.34. The van der Waals surface area contributed by atoms with E-state index in [4.69, 9.17) is 28.9 Å². The number of nitrogens with zero attached hydrogens (tertiary/aromatic N) is 3. The van der Waals surface area contributed by atoms with Gasteiger partial charge >= 0.3 is 0 Å². The molecule has 1 aliphatic rings. The minimum atomic E-state index is -1.37. The number of hydrogen-bond acceptors (Lipinski definition) is 6. The van der Waals surface area contributed by atoms with E-state index < -0.39 is 18.4 Å². The molecular formula is C21H13ClN3O3S2-. The molecule has 30 heavy (non-hydrogen) atoms. The highest BCUT2D eigenvalue weighted by atomic mass is 35.5. The van der Waals surface area contributed by atoms with Crippen LogP contribution in [0.15, 0.2) is 65.7 Å². The molecule has 0 atom stereocenters. The van der Waals surface area contributed by atoms with Gasteiger partial charge in [0.1, 0.15) is 4.32 Å². The van der Waals surface area contributed by atoms with Gasteiger partial charge < -0.3 is 9.90 Å². The number of hydrogen-bond donors (Lipinski definition) is 0. The molecule has 0 N–H and O–H groups in total. The van der Waals surface area contributed by atoms with E-state index in [2.05, 4.69) is 0 Å². The van der Waals surface area contributed by atoms with Gasteiger partial charge in [-0.15, -0.1) is 0 Å². The maximum atomic E-state index is 12.6. The number of carboxylic acids is 1. The Morgan fingerprint density at radius 1 is 1.17 bits per heavy atom. The zero-order valence-corrected chi connectivity index (χ0v) is 17.7. The molecule has 0 saturated carbocycles. The number of thioether (sulfide) groups is 1. The molecule has 3 aromatic rings. The fourth-order valence-electron chi connectivity index (χ4n) is 2.94. The van der Waals surface area contributed by atoms with Gasteiger partial charge in [0.05, 0.1) is 28.8 Å². The van der Waals surface area contributed by atoms with Gasteiger partial charge in [0.15, 0.2) is 0 Å². The maximum Gasteiger partial charge on any atom is 0.266 e. The van der Waals surface area contributed by atoms with Crippen molar-refractivity contribution in [3.05, 3.63) is 76.3 Å². The van der Waals surface area contributed by atoms with Crippen molar-refractivity contribution in [2.24, 2.45) is 0 Å². The van der Waals surface area contributed by atoms with E-state index in [1.165, 1.54) is 0 Å². The lowest BCUT2D eigenvalue weighted by Crippen LogP contribution is -2.40. The lowest BCUT2D eigenvalue weighted by atomic mass is 10.1. The molecule has 0 aliphatic carbocycles. The number of thiocarbonyl (C=S) groups is 1. The molecule has 1 fully saturated rings. The van der Waals surface area contributed by atoms with Gasteiger partial charge in [0.25, 0.3) is 5.91 Å². The molecular weight excluding hydrogens is 442 g/mol. The van der Waals surface area contributed by atoms with Crippen LogP contribution in [-0.4, -0.2) is 37.4 Å². The van der Waals surface area contributed by atoms with Crippen molar-refractivity contribution in [3.63, 3.8) is 0 Å². The Balaban J connectivity index is 1.78. The van der Waals surface area contributed by atoms with Gasteiger partial charge in [-0.3, -0.25) is 9.69 Å². The van der Waals surface area contributed by atoms with Crippen molar-refractivity contribution in [3.8, 4) is 16.9 Å². The molecule has 6 nitrogen and oxygen atoms in total. The highest BCUT2D eigenvalue weighted by Gasteiger charge is 2.32. The third-order valence-corrected chi connectivity index (χ3v) is 5.96. The third-order valence-electron chi connectivity index (χ3n) is 4.33. The summed E-state index contributed by atoms with van der Waals surface area (Å²) in [6.07, 6.45) is 3.48. The lowest BCUT2D eigenvalue weighted by molar-refractivity contribution is -0.305. The van der Waals surface area contributed by atoms with Crippen molar-refractivity contribution in [1.29, 1.82) is 0 Å². The smallest absolute Gasteiger partial charge is 0.266 e. The van der Waals surface area contributed by atoms with Crippen molar-refractivity contribution < 1.29 is 14.7 Å². The average Bonchev–Trinajstić information content (AvgIpc) is 3.26. The normalized spacial score (nSPS) is 15.2. The minimum Gasteiger partial charge on any atom is -0.548 e. The quantitative estimate of drug-likeness (QED) is 0.435. The minimum absolute atomic E-state index is 0.180. The van der Waals surface area contributed by atoms with Crippen LogP contribution in [-0.2, 0) is 9.59 Å². The Morgan fingerprint density at radius 3 is 2.53 bits per heavy atom. The molecule has 1 amide bonds. The number of carbonyl (C=O) groups excluding carboxylic acids is 2. The van der Waals surface area contributed by atoms with Gasteiger partial charge in [-0.2, -0.15) is 5.10 Å². The molecule has 2 aromatic carbocycles. The van der Waals surface area contributed by atoms with Crippen molar-refractivity contribution in [2.45, 2.75) is 0 Å². The largest absolute Gasteiger partial charge is 0.548 e. The number of para-hydroxylation sites is 1. The van der Waals surface area contributed by atoms with Crippen LogP contribution in [0.25, 0.3) is 23.0 Å². The summed E-state index contributed by atoms with van der Waals surface area (Å²) in [5.74, 6) is -1.84. The summed E-state index contributed by atoms with van der Waals surface area (Å²) in [6, 6.07) is 16.8. The average molecular weight is 455 g/mol. The van der Waals surface area contributed by atoms with Gasteiger partial charge in [0.2, 0.25) is 0 Å². The van der Waals surface area contributed by atoms with Gasteiger partial charge in [-0.1, -0.05) is 65.9 Å². The molecule has 1 saturated heterocycles. The van der Waals surface area contributed by atoms with Crippen LogP contribution in [0.5, 0.6) is 0 Å². The fourth-order valence-corrected chi connectivity index (χ4v) is 4.32. The van der Waals surface area contributed by atoms with E-state index in [9.17, 15) is 14.7 Å². The molecule has 1 aromatic heterocycles. The van der Waals surface area contributed by atoms with E-state index in [-0.39, 0.29) is 4.32 Å². The Hall–Kier alpha value is -2.94. The second-order valence-electron chi connectivity index (χ2n) is 6.36. The Labute approximate surface area is 186 Å². The monoisotopic (exact) mass is 454 g/mol. The van der Waals surface area contributed by atoms with Crippen molar-refractivity contribution >= 4 is 57.9 Å². The van der Waals surface area contributed by atoms with Crippen molar-refractivity contribution in [1.82, 2.24) is 14.7 Å². The van der Waals surface area contributed by atoms with E-state index >= 15 is 0 Å². The Bertz CT molecular complexity index is 1170. The van der Waals surface area contributed by atoms with E-state index in [1.807, 2.05) is 48.7 Å². The Kier molecular flexibility index (Phi) is 5.72. The topological polar surface area (TPSA) is 78.3 Å².